The monoisotopic (exact) mass is 340 g/mol. The summed E-state index contributed by atoms with van der Waals surface area (Å²) in [5.74, 6) is 1.84. The molecule has 1 heterocycles. The van der Waals surface area contributed by atoms with Gasteiger partial charge in [-0.3, -0.25) is 0 Å². The number of benzene rings is 1. The molecule has 25 heavy (non-hydrogen) atoms. The van der Waals surface area contributed by atoms with Crippen LogP contribution in [0.2, 0.25) is 0 Å². The van der Waals surface area contributed by atoms with Crippen LogP contribution < -0.4 is 15.8 Å². The molecule has 0 saturated carbocycles. The van der Waals surface area contributed by atoms with E-state index in [2.05, 4.69) is 40.4 Å². The van der Waals surface area contributed by atoms with Gasteiger partial charge in [-0.15, -0.1) is 0 Å². The van der Waals surface area contributed by atoms with Crippen LogP contribution in [-0.2, 0) is 12.8 Å². The van der Waals surface area contributed by atoms with Crippen LogP contribution in [0, 0.1) is 0 Å². The van der Waals surface area contributed by atoms with Gasteiger partial charge in [0.15, 0.2) is 11.6 Å². The molecule has 5 nitrogen and oxygen atoms in total. The predicted molar refractivity (Wildman–Crippen MR) is 105 cm³/mol. The Labute approximate surface area is 150 Å². The Morgan fingerprint density at radius 3 is 2.72 bits per heavy atom. The van der Waals surface area contributed by atoms with Crippen LogP contribution >= 0.6 is 0 Å². The number of methoxy groups -OCH3 is 1. The van der Waals surface area contributed by atoms with Crippen LogP contribution in [0.3, 0.4) is 0 Å². The average Bonchev–Trinajstić information content (AvgIpc) is 2.64. The standard InChI is InChI=1S/C18H22N4O.C2H6/c1-3-6-12-9-13(11-14(10-12)23-2)20-18-17(19)21-15-7-4-5-8-16(15)22-18;1-2/h4,7,9-11H,3,5-6,8H2,1-2H3,(H2,19,21)(H,20,22);1-2H3. The molecule has 3 N–H and O–H groups in total. The van der Waals surface area contributed by atoms with Crippen LogP contribution in [0.15, 0.2) is 24.3 Å². The Bertz CT molecular complexity index is 741. The van der Waals surface area contributed by atoms with Gasteiger partial charge in [0.2, 0.25) is 0 Å². The summed E-state index contributed by atoms with van der Waals surface area (Å²) in [6.07, 6.45) is 8.05. The number of anilines is 3. The molecule has 0 aliphatic heterocycles. The zero-order valence-corrected chi connectivity index (χ0v) is 15.6. The van der Waals surface area contributed by atoms with E-state index in [0.717, 1.165) is 48.5 Å². The molecule has 3 rings (SSSR count). The number of nitrogen functional groups attached to an aromatic ring is 1. The third-order valence-corrected chi connectivity index (χ3v) is 3.85. The second kappa shape index (κ2) is 9.06. The first-order chi connectivity index (χ1) is 12.2. The average molecular weight is 340 g/mol. The van der Waals surface area contributed by atoms with E-state index in [4.69, 9.17) is 10.5 Å². The molecular weight excluding hydrogens is 312 g/mol. The maximum atomic E-state index is 6.06. The van der Waals surface area contributed by atoms with Crippen molar-refractivity contribution < 1.29 is 4.74 Å². The zero-order valence-electron chi connectivity index (χ0n) is 15.6. The molecule has 0 amide bonds. The summed E-state index contributed by atoms with van der Waals surface area (Å²) in [4.78, 5) is 9.09. The summed E-state index contributed by atoms with van der Waals surface area (Å²) in [5.41, 5.74) is 10.1. The number of hydrogen-bond donors (Lipinski definition) is 2. The van der Waals surface area contributed by atoms with E-state index in [-0.39, 0.29) is 0 Å². The second-order valence-electron chi connectivity index (χ2n) is 5.68. The van der Waals surface area contributed by atoms with Gasteiger partial charge in [0.05, 0.1) is 18.5 Å². The number of nitrogens with zero attached hydrogens (tertiary/aromatic N) is 2. The number of aryl methyl sites for hydroxylation is 2. The van der Waals surface area contributed by atoms with E-state index in [9.17, 15) is 0 Å². The van der Waals surface area contributed by atoms with Crippen LogP contribution in [-0.4, -0.2) is 17.1 Å². The molecule has 0 fully saturated rings. The SMILES string of the molecule is CC.CCCc1cc(Nc2nc3c(nc2N)C=CCC3)cc(OC)c1. The minimum atomic E-state index is 0.412. The molecule has 0 spiro atoms. The number of rotatable bonds is 5. The van der Waals surface area contributed by atoms with Crippen LogP contribution in [0.4, 0.5) is 17.3 Å². The van der Waals surface area contributed by atoms with Crippen molar-refractivity contribution in [2.45, 2.75) is 46.5 Å². The van der Waals surface area contributed by atoms with Crippen molar-refractivity contribution in [3.05, 3.63) is 41.2 Å². The third kappa shape index (κ3) is 4.72. The van der Waals surface area contributed by atoms with Gasteiger partial charge in [0.25, 0.3) is 0 Å². The van der Waals surface area contributed by atoms with E-state index >= 15 is 0 Å². The largest absolute Gasteiger partial charge is 0.497 e. The Morgan fingerprint density at radius 2 is 2.00 bits per heavy atom. The van der Waals surface area contributed by atoms with Crippen LogP contribution in [0.1, 0.15) is 50.6 Å². The van der Waals surface area contributed by atoms with Gasteiger partial charge in [-0.25, -0.2) is 9.97 Å². The summed E-state index contributed by atoms with van der Waals surface area (Å²) in [6.45, 7) is 6.16. The lowest BCUT2D eigenvalue weighted by Crippen LogP contribution is -2.09. The van der Waals surface area contributed by atoms with Gasteiger partial charge in [0, 0.05) is 11.8 Å². The van der Waals surface area contributed by atoms with E-state index in [1.54, 1.807) is 7.11 Å². The number of aromatic nitrogens is 2. The molecule has 0 bridgehead atoms. The van der Waals surface area contributed by atoms with Crippen molar-refractivity contribution in [1.82, 2.24) is 9.97 Å². The minimum absolute atomic E-state index is 0.412. The zero-order chi connectivity index (χ0) is 18.2. The summed E-state index contributed by atoms with van der Waals surface area (Å²) in [6, 6.07) is 6.10. The number of allylic oxidation sites excluding steroid dienone is 1. The van der Waals surface area contributed by atoms with Gasteiger partial charge in [-0.05, 0) is 43.0 Å². The fourth-order valence-corrected chi connectivity index (χ4v) is 2.74. The molecular formula is C20H28N4O. The predicted octanol–water partition coefficient (Wildman–Crippen LogP) is 4.75. The normalized spacial score (nSPS) is 12.0. The number of fused-ring (bicyclic) bond motifs is 1. The highest BCUT2D eigenvalue weighted by molar-refractivity contribution is 5.69. The number of hydrogen-bond acceptors (Lipinski definition) is 5. The Morgan fingerprint density at radius 1 is 1.20 bits per heavy atom. The van der Waals surface area contributed by atoms with Gasteiger partial charge >= 0.3 is 0 Å². The quantitative estimate of drug-likeness (QED) is 0.822. The Kier molecular flexibility index (Phi) is 6.81. The van der Waals surface area contributed by atoms with E-state index in [1.807, 2.05) is 26.0 Å². The topological polar surface area (TPSA) is 73.1 Å². The molecule has 1 aromatic heterocycles. The molecule has 1 aliphatic rings. The Balaban J connectivity index is 0.00000109. The minimum Gasteiger partial charge on any atom is -0.497 e. The molecule has 0 atom stereocenters. The lowest BCUT2D eigenvalue weighted by molar-refractivity contribution is 0.414. The first kappa shape index (κ1) is 18.8. The molecule has 0 saturated heterocycles. The molecule has 0 radical (unpaired) electrons. The summed E-state index contributed by atoms with van der Waals surface area (Å²) in [5, 5.41) is 3.29. The summed E-state index contributed by atoms with van der Waals surface area (Å²) in [7, 11) is 1.67. The number of nitrogens with one attached hydrogen (secondary N) is 1. The van der Waals surface area contributed by atoms with Crippen LogP contribution in [0.5, 0.6) is 5.75 Å². The van der Waals surface area contributed by atoms with Crippen molar-refractivity contribution in [3.63, 3.8) is 0 Å². The molecule has 5 heteroatoms. The van der Waals surface area contributed by atoms with Gasteiger partial charge < -0.3 is 15.8 Å². The first-order valence-corrected chi connectivity index (χ1v) is 8.97. The maximum absolute atomic E-state index is 6.06. The molecule has 2 aromatic rings. The van der Waals surface area contributed by atoms with E-state index < -0.39 is 0 Å². The van der Waals surface area contributed by atoms with Gasteiger partial charge in [-0.1, -0.05) is 33.3 Å². The third-order valence-electron chi connectivity index (χ3n) is 3.85. The fraction of sp³-hybridized carbons (Fsp3) is 0.400. The number of ether oxygens (including phenoxy) is 1. The van der Waals surface area contributed by atoms with Crippen LogP contribution in [0.25, 0.3) is 6.08 Å². The highest BCUT2D eigenvalue weighted by Crippen LogP contribution is 2.27. The fourth-order valence-electron chi connectivity index (χ4n) is 2.74. The van der Waals surface area contributed by atoms with Gasteiger partial charge in [0.1, 0.15) is 5.75 Å². The second-order valence-corrected chi connectivity index (χ2v) is 5.68. The van der Waals surface area contributed by atoms with Crippen molar-refractivity contribution in [2.75, 3.05) is 18.2 Å². The lowest BCUT2D eigenvalue weighted by Gasteiger charge is -2.15. The molecule has 134 valence electrons. The van der Waals surface area contributed by atoms with Crippen molar-refractivity contribution in [2.24, 2.45) is 0 Å². The lowest BCUT2D eigenvalue weighted by atomic mass is 10.1. The molecule has 1 aliphatic carbocycles. The molecule has 1 aromatic carbocycles. The first-order valence-electron chi connectivity index (χ1n) is 8.97. The summed E-state index contributed by atoms with van der Waals surface area (Å²) < 4.78 is 5.38. The highest BCUT2D eigenvalue weighted by Gasteiger charge is 2.13. The summed E-state index contributed by atoms with van der Waals surface area (Å²) >= 11 is 0. The van der Waals surface area contributed by atoms with Crippen molar-refractivity contribution >= 4 is 23.4 Å². The van der Waals surface area contributed by atoms with Gasteiger partial charge in [-0.2, -0.15) is 0 Å². The highest BCUT2D eigenvalue weighted by atomic mass is 16.5. The smallest absolute Gasteiger partial charge is 0.173 e. The van der Waals surface area contributed by atoms with E-state index in [0.29, 0.717) is 11.6 Å². The van der Waals surface area contributed by atoms with Crippen molar-refractivity contribution in [3.8, 4) is 5.75 Å². The molecule has 0 unspecified atom stereocenters. The van der Waals surface area contributed by atoms with E-state index in [1.165, 1.54) is 5.56 Å². The Hall–Kier alpha value is -2.56. The maximum Gasteiger partial charge on any atom is 0.173 e. The number of nitrogens with two attached hydrogens (primary N) is 1. The van der Waals surface area contributed by atoms with Crippen molar-refractivity contribution in [1.29, 1.82) is 0 Å².